The van der Waals surface area contributed by atoms with Gasteiger partial charge in [-0.15, -0.1) is 0 Å². The van der Waals surface area contributed by atoms with Gasteiger partial charge in [0, 0.05) is 50.9 Å². The molecule has 1 heterocycles. The third kappa shape index (κ3) is 6.54. The molecule has 0 atom stereocenters. The standard InChI is InChI=1S/C23H39N5O2/c1-6-19(30-23(4)9-10-23)14-17(20(25)7-2)13-18(24)15-21(26-5)28-12-11-27(8-3)22(29)16-28/h14-15H,6-13,16,24-25H2,1-5H3/b18-15?,19-14+,20-17+,26-21?. The highest BCUT2D eigenvalue weighted by Crippen LogP contribution is 2.41. The lowest BCUT2D eigenvalue weighted by Crippen LogP contribution is -2.51. The van der Waals surface area contributed by atoms with Gasteiger partial charge >= 0.3 is 0 Å². The zero-order valence-corrected chi connectivity index (χ0v) is 19.3. The van der Waals surface area contributed by atoms with Crippen LogP contribution in [-0.2, 0) is 9.53 Å². The molecule has 1 aliphatic heterocycles. The van der Waals surface area contributed by atoms with E-state index in [0.29, 0.717) is 25.2 Å². The number of carbonyl (C=O) groups excluding carboxylic acids is 1. The van der Waals surface area contributed by atoms with Gasteiger partial charge in [0.05, 0.1) is 12.3 Å². The van der Waals surface area contributed by atoms with Crippen LogP contribution in [0.5, 0.6) is 0 Å². The molecule has 2 fully saturated rings. The number of amides is 1. The summed E-state index contributed by atoms with van der Waals surface area (Å²) >= 11 is 0. The first-order valence-electron chi connectivity index (χ1n) is 11.1. The molecule has 0 bridgehead atoms. The summed E-state index contributed by atoms with van der Waals surface area (Å²) < 4.78 is 6.17. The van der Waals surface area contributed by atoms with Crippen molar-refractivity contribution in [2.45, 2.75) is 65.4 Å². The Morgan fingerprint density at radius 3 is 2.37 bits per heavy atom. The Kier molecular flexibility index (Phi) is 8.38. The largest absolute Gasteiger partial charge is 0.492 e. The molecule has 168 valence electrons. The van der Waals surface area contributed by atoms with E-state index in [1.54, 1.807) is 7.05 Å². The lowest BCUT2D eigenvalue weighted by atomic mass is 10.0. The molecule has 0 radical (unpaired) electrons. The topological polar surface area (TPSA) is 97.2 Å². The molecule has 1 amide bonds. The van der Waals surface area contributed by atoms with Crippen molar-refractivity contribution in [1.29, 1.82) is 0 Å². The molecule has 7 heteroatoms. The van der Waals surface area contributed by atoms with Crippen LogP contribution < -0.4 is 11.5 Å². The van der Waals surface area contributed by atoms with Crippen LogP contribution in [-0.4, -0.2) is 60.4 Å². The molecule has 2 aliphatic rings. The normalized spacial score (nSPS) is 21.0. The van der Waals surface area contributed by atoms with E-state index in [2.05, 4.69) is 24.9 Å². The van der Waals surface area contributed by atoms with E-state index >= 15 is 0 Å². The van der Waals surface area contributed by atoms with Gasteiger partial charge in [0.2, 0.25) is 5.91 Å². The molecule has 1 aliphatic carbocycles. The lowest BCUT2D eigenvalue weighted by molar-refractivity contribution is -0.134. The highest BCUT2D eigenvalue weighted by atomic mass is 16.5. The van der Waals surface area contributed by atoms with Crippen molar-refractivity contribution in [2.24, 2.45) is 16.5 Å². The number of carbonyl (C=O) groups is 1. The van der Waals surface area contributed by atoms with Gasteiger partial charge in [-0.1, -0.05) is 13.8 Å². The summed E-state index contributed by atoms with van der Waals surface area (Å²) in [4.78, 5) is 20.5. The van der Waals surface area contributed by atoms with Crippen molar-refractivity contribution in [3.8, 4) is 0 Å². The van der Waals surface area contributed by atoms with Crippen molar-refractivity contribution < 1.29 is 9.53 Å². The van der Waals surface area contributed by atoms with Crippen LogP contribution in [0.3, 0.4) is 0 Å². The van der Waals surface area contributed by atoms with Crippen molar-refractivity contribution in [2.75, 3.05) is 33.2 Å². The Labute approximate surface area is 181 Å². The monoisotopic (exact) mass is 417 g/mol. The zero-order valence-electron chi connectivity index (χ0n) is 19.3. The fourth-order valence-corrected chi connectivity index (χ4v) is 3.45. The predicted molar refractivity (Wildman–Crippen MR) is 123 cm³/mol. The summed E-state index contributed by atoms with van der Waals surface area (Å²) in [6, 6.07) is 0. The molecule has 0 aromatic carbocycles. The molecule has 0 aromatic heterocycles. The average molecular weight is 418 g/mol. The number of nitrogens with two attached hydrogens (primary N) is 2. The van der Waals surface area contributed by atoms with Gasteiger partial charge in [-0.05, 0) is 50.8 Å². The zero-order chi connectivity index (χ0) is 22.3. The van der Waals surface area contributed by atoms with E-state index in [1.807, 2.05) is 29.7 Å². The second-order valence-corrected chi connectivity index (χ2v) is 8.29. The maximum atomic E-state index is 12.3. The Morgan fingerprint density at radius 1 is 1.17 bits per heavy atom. The van der Waals surface area contributed by atoms with Crippen LogP contribution in [0.1, 0.15) is 59.8 Å². The van der Waals surface area contributed by atoms with Crippen LogP contribution in [0, 0.1) is 0 Å². The minimum atomic E-state index is -0.0233. The summed E-state index contributed by atoms with van der Waals surface area (Å²) in [5.74, 6) is 1.79. The third-order valence-corrected chi connectivity index (χ3v) is 5.77. The summed E-state index contributed by atoms with van der Waals surface area (Å²) in [5, 5.41) is 0. The summed E-state index contributed by atoms with van der Waals surface area (Å²) in [5.41, 5.74) is 15.1. The van der Waals surface area contributed by atoms with E-state index in [4.69, 9.17) is 16.2 Å². The van der Waals surface area contributed by atoms with Crippen LogP contribution in [0.15, 0.2) is 39.9 Å². The van der Waals surface area contributed by atoms with Crippen LogP contribution in [0.25, 0.3) is 0 Å². The number of amidine groups is 1. The van der Waals surface area contributed by atoms with E-state index in [1.165, 1.54) is 0 Å². The molecule has 0 unspecified atom stereocenters. The van der Waals surface area contributed by atoms with Crippen LogP contribution >= 0.6 is 0 Å². The molecule has 0 aromatic rings. The van der Waals surface area contributed by atoms with E-state index in [0.717, 1.165) is 61.6 Å². The van der Waals surface area contributed by atoms with Crippen LogP contribution in [0.2, 0.25) is 0 Å². The minimum absolute atomic E-state index is 0.0233. The van der Waals surface area contributed by atoms with Gasteiger partial charge in [0.25, 0.3) is 0 Å². The van der Waals surface area contributed by atoms with Crippen molar-refractivity contribution in [3.05, 3.63) is 34.9 Å². The van der Waals surface area contributed by atoms with Gasteiger partial charge in [0.15, 0.2) is 0 Å². The highest BCUT2D eigenvalue weighted by molar-refractivity contribution is 5.96. The number of allylic oxidation sites excluding steroid dienone is 4. The number of piperazine rings is 1. The number of nitrogens with zero attached hydrogens (tertiary/aromatic N) is 3. The summed E-state index contributed by atoms with van der Waals surface area (Å²) in [6.07, 6.45) is 8.17. The van der Waals surface area contributed by atoms with E-state index in [9.17, 15) is 4.79 Å². The Bertz CT molecular complexity index is 747. The van der Waals surface area contributed by atoms with Gasteiger partial charge in [0.1, 0.15) is 11.4 Å². The summed E-state index contributed by atoms with van der Waals surface area (Å²) in [6.45, 7) is 10.8. The lowest BCUT2D eigenvalue weighted by Gasteiger charge is -2.34. The number of aliphatic imine (C=N–C) groups is 1. The smallest absolute Gasteiger partial charge is 0.242 e. The first-order chi connectivity index (χ1) is 14.2. The second-order valence-electron chi connectivity index (χ2n) is 8.29. The Hall–Kier alpha value is -2.44. The molecule has 1 saturated carbocycles. The first kappa shape index (κ1) is 23.8. The maximum absolute atomic E-state index is 12.3. The average Bonchev–Trinajstić information content (AvgIpc) is 3.46. The molecule has 7 nitrogen and oxygen atoms in total. The van der Waals surface area contributed by atoms with E-state index in [-0.39, 0.29) is 11.5 Å². The van der Waals surface area contributed by atoms with Gasteiger partial charge in [-0.2, -0.15) is 0 Å². The molecule has 0 spiro atoms. The Morgan fingerprint density at radius 2 is 1.87 bits per heavy atom. The predicted octanol–water partition coefficient (Wildman–Crippen LogP) is 2.90. The van der Waals surface area contributed by atoms with Gasteiger partial charge in [-0.25, -0.2) is 0 Å². The number of rotatable bonds is 9. The fraction of sp³-hybridized carbons (Fsp3) is 0.652. The SMILES string of the molecule is CC/C(=C\C(CC(N)=CC(=NC)N1CCN(CC)C(=O)C1)=C(\N)CC)OC1(C)CC1. The highest BCUT2D eigenvalue weighted by Gasteiger charge is 2.40. The first-order valence-corrected chi connectivity index (χ1v) is 11.1. The van der Waals surface area contributed by atoms with Crippen molar-refractivity contribution in [1.82, 2.24) is 9.80 Å². The molecule has 1 saturated heterocycles. The number of hydrogen-bond acceptors (Lipinski definition) is 5. The van der Waals surface area contributed by atoms with Gasteiger partial charge < -0.3 is 26.0 Å². The fourth-order valence-electron chi connectivity index (χ4n) is 3.45. The van der Waals surface area contributed by atoms with Crippen LogP contribution in [0.4, 0.5) is 0 Å². The van der Waals surface area contributed by atoms with Crippen molar-refractivity contribution in [3.63, 3.8) is 0 Å². The summed E-state index contributed by atoms with van der Waals surface area (Å²) in [7, 11) is 1.73. The second kappa shape index (κ2) is 10.5. The minimum Gasteiger partial charge on any atom is -0.492 e. The van der Waals surface area contributed by atoms with E-state index < -0.39 is 0 Å². The Balaban J connectivity index is 2.15. The van der Waals surface area contributed by atoms with Gasteiger partial charge in [-0.3, -0.25) is 9.79 Å². The molecule has 30 heavy (non-hydrogen) atoms. The van der Waals surface area contributed by atoms with Crippen molar-refractivity contribution >= 4 is 11.7 Å². The molecular weight excluding hydrogens is 378 g/mol. The quantitative estimate of drug-likeness (QED) is 0.260. The number of hydrogen-bond donors (Lipinski definition) is 2. The molecule has 2 rings (SSSR count). The third-order valence-electron chi connectivity index (χ3n) is 5.77. The molecule has 4 N–H and O–H groups in total. The number of ether oxygens (including phenoxy) is 1. The molecular formula is C23H39N5O2. The number of likely N-dealkylation sites (N-methyl/N-ethyl adjacent to an activating group) is 1. The maximum Gasteiger partial charge on any atom is 0.242 e.